The van der Waals surface area contributed by atoms with Crippen LogP contribution < -0.4 is 0 Å². The third kappa shape index (κ3) is 2.08. The van der Waals surface area contributed by atoms with Gasteiger partial charge >= 0.3 is 0 Å². The first kappa shape index (κ1) is 12.4. The Morgan fingerprint density at radius 2 is 1.29 bits per heavy atom. The van der Waals surface area contributed by atoms with Gasteiger partial charge in [-0.05, 0) is 37.5 Å². The predicted molar refractivity (Wildman–Crippen MR) is 75.0 cm³/mol. The Labute approximate surface area is 114 Å². The van der Waals surface area contributed by atoms with E-state index in [1.807, 2.05) is 11.8 Å². The third-order valence-corrected chi connectivity index (χ3v) is 8.39. The SMILES string of the molecule is CC(=O)SC12CC3CC(SC(C)=O)(CC3C1)S2. The minimum atomic E-state index is 0.0973. The molecule has 2 heterocycles. The van der Waals surface area contributed by atoms with E-state index in [0.717, 1.165) is 11.8 Å². The van der Waals surface area contributed by atoms with Crippen LogP contribution in [0, 0.1) is 11.8 Å². The fourth-order valence-electron chi connectivity index (χ4n) is 3.81. The van der Waals surface area contributed by atoms with E-state index in [0.29, 0.717) is 0 Å². The molecule has 0 unspecified atom stereocenters. The van der Waals surface area contributed by atoms with E-state index in [4.69, 9.17) is 0 Å². The van der Waals surface area contributed by atoms with Crippen molar-refractivity contribution in [2.45, 2.75) is 47.7 Å². The molecule has 4 fully saturated rings. The lowest BCUT2D eigenvalue weighted by Gasteiger charge is -2.43. The fraction of sp³-hybridized carbons (Fsp3) is 0.833. The molecule has 0 amide bonds. The summed E-state index contributed by atoms with van der Waals surface area (Å²) in [6.45, 7) is 3.33. The van der Waals surface area contributed by atoms with Crippen LogP contribution in [0.3, 0.4) is 0 Å². The van der Waals surface area contributed by atoms with Gasteiger partial charge in [0.05, 0.1) is 8.16 Å². The second-order valence-electron chi connectivity index (χ2n) is 5.45. The van der Waals surface area contributed by atoms with Gasteiger partial charge in [-0.25, -0.2) is 0 Å². The van der Waals surface area contributed by atoms with Gasteiger partial charge in [0, 0.05) is 13.8 Å². The van der Waals surface area contributed by atoms with E-state index in [-0.39, 0.29) is 18.4 Å². The first-order valence-corrected chi connectivity index (χ1v) is 8.46. The van der Waals surface area contributed by atoms with Gasteiger partial charge in [-0.1, -0.05) is 23.5 Å². The third-order valence-electron chi connectivity index (χ3n) is 3.99. The fourth-order valence-corrected chi connectivity index (χ4v) is 10.1. The van der Waals surface area contributed by atoms with Crippen molar-refractivity contribution in [3.63, 3.8) is 0 Å². The smallest absolute Gasteiger partial charge is 0.187 e. The quantitative estimate of drug-likeness (QED) is 0.777. The second kappa shape index (κ2) is 3.94. The molecule has 2 saturated carbocycles. The molecular formula is C12H16O2S3. The van der Waals surface area contributed by atoms with E-state index >= 15 is 0 Å². The monoisotopic (exact) mass is 288 g/mol. The number of hydrogen-bond acceptors (Lipinski definition) is 5. The van der Waals surface area contributed by atoms with E-state index in [2.05, 4.69) is 0 Å². The van der Waals surface area contributed by atoms with E-state index in [1.54, 1.807) is 13.8 Å². The molecule has 0 aromatic heterocycles. The molecule has 2 saturated heterocycles. The van der Waals surface area contributed by atoms with Gasteiger partial charge in [-0.3, -0.25) is 9.59 Å². The molecule has 4 aliphatic rings. The Balaban J connectivity index is 1.84. The average molecular weight is 288 g/mol. The number of thioether (sulfide) groups is 3. The zero-order valence-corrected chi connectivity index (χ0v) is 12.5. The lowest BCUT2D eigenvalue weighted by Crippen LogP contribution is -2.35. The molecule has 94 valence electrons. The molecular weight excluding hydrogens is 272 g/mol. The summed E-state index contributed by atoms with van der Waals surface area (Å²) < 4.78 is 0.195. The highest BCUT2D eigenvalue weighted by atomic mass is 32.2. The van der Waals surface area contributed by atoms with Crippen LogP contribution in [0.5, 0.6) is 0 Å². The normalized spacial score (nSPS) is 46.5. The van der Waals surface area contributed by atoms with Crippen molar-refractivity contribution in [3.05, 3.63) is 0 Å². The maximum atomic E-state index is 11.4. The molecule has 5 heteroatoms. The highest BCUT2D eigenvalue weighted by Gasteiger charge is 2.64. The molecule has 0 N–H and O–H groups in total. The van der Waals surface area contributed by atoms with Crippen LogP contribution >= 0.6 is 35.3 Å². The summed E-state index contributed by atoms with van der Waals surface area (Å²) >= 11 is 4.98. The van der Waals surface area contributed by atoms with Crippen molar-refractivity contribution in [1.29, 1.82) is 0 Å². The van der Waals surface area contributed by atoms with Crippen molar-refractivity contribution >= 4 is 45.5 Å². The van der Waals surface area contributed by atoms with Gasteiger partial charge in [-0.2, -0.15) is 0 Å². The zero-order valence-electron chi connectivity index (χ0n) is 10.0. The van der Waals surface area contributed by atoms with Crippen LogP contribution in [0.2, 0.25) is 0 Å². The van der Waals surface area contributed by atoms with E-state index in [9.17, 15) is 9.59 Å². The molecule has 0 atom stereocenters. The van der Waals surface area contributed by atoms with Gasteiger partial charge in [-0.15, -0.1) is 11.8 Å². The number of carbonyl (C=O) groups is 2. The topological polar surface area (TPSA) is 34.1 Å². The van der Waals surface area contributed by atoms with Crippen molar-refractivity contribution in [2.75, 3.05) is 0 Å². The zero-order chi connectivity index (χ0) is 12.3. The first-order chi connectivity index (χ1) is 7.92. The summed E-state index contributed by atoms with van der Waals surface area (Å²) in [6.07, 6.45) is 4.69. The number of hydrogen-bond donors (Lipinski definition) is 0. The Hall–Kier alpha value is 0.390. The maximum absolute atomic E-state index is 11.4. The molecule has 17 heavy (non-hydrogen) atoms. The van der Waals surface area contributed by atoms with Crippen molar-refractivity contribution < 1.29 is 9.59 Å². The minimum Gasteiger partial charge on any atom is -0.287 e. The molecule has 4 rings (SSSR count). The van der Waals surface area contributed by atoms with Gasteiger partial charge in [0.2, 0.25) is 0 Å². The highest BCUT2D eigenvalue weighted by molar-refractivity contribution is 8.32. The van der Waals surface area contributed by atoms with Gasteiger partial charge in [0.15, 0.2) is 10.2 Å². The molecule has 2 nitrogen and oxygen atoms in total. The van der Waals surface area contributed by atoms with E-state index < -0.39 is 0 Å². The van der Waals surface area contributed by atoms with Gasteiger partial charge < -0.3 is 0 Å². The van der Waals surface area contributed by atoms with Gasteiger partial charge in [0.1, 0.15) is 0 Å². The first-order valence-electron chi connectivity index (χ1n) is 6.01. The van der Waals surface area contributed by atoms with E-state index in [1.165, 1.54) is 49.2 Å². The van der Waals surface area contributed by atoms with Crippen molar-refractivity contribution in [1.82, 2.24) is 0 Å². The maximum Gasteiger partial charge on any atom is 0.187 e. The Morgan fingerprint density at radius 1 is 0.941 bits per heavy atom. The Morgan fingerprint density at radius 3 is 1.59 bits per heavy atom. The van der Waals surface area contributed by atoms with Gasteiger partial charge in [0.25, 0.3) is 0 Å². The summed E-state index contributed by atoms with van der Waals surface area (Å²) in [5, 5.41) is 0.449. The van der Waals surface area contributed by atoms with Crippen LogP contribution in [0.1, 0.15) is 39.5 Å². The standard InChI is InChI=1S/C12H16O2S3/c1-7(13)15-11-3-9-5-12(17-11,16-8(2)14)6-10(9)4-11/h9-10H,3-6H2,1-2H3. The van der Waals surface area contributed by atoms with Crippen LogP contribution in [-0.2, 0) is 9.59 Å². The van der Waals surface area contributed by atoms with Crippen LogP contribution in [-0.4, -0.2) is 18.4 Å². The molecule has 0 aromatic carbocycles. The predicted octanol–water partition coefficient (Wildman–Crippen LogP) is 3.51. The lowest BCUT2D eigenvalue weighted by molar-refractivity contribution is -0.110. The summed E-state index contributed by atoms with van der Waals surface area (Å²) in [6, 6.07) is 0. The summed E-state index contributed by atoms with van der Waals surface area (Å²) in [7, 11) is 0. The molecule has 0 spiro atoms. The van der Waals surface area contributed by atoms with Crippen molar-refractivity contribution in [2.24, 2.45) is 11.8 Å². The molecule has 0 aromatic rings. The molecule has 2 aliphatic heterocycles. The second-order valence-corrected chi connectivity index (χ2v) is 10.9. The minimum absolute atomic E-state index is 0.0973. The molecule has 0 radical (unpaired) electrons. The summed E-state index contributed by atoms with van der Waals surface area (Å²) in [4.78, 5) is 22.8. The van der Waals surface area contributed by atoms with Crippen molar-refractivity contribution in [3.8, 4) is 0 Å². The largest absolute Gasteiger partial charge is 0.287 e. The van der Waals surface area contributed by atoms with Crippen LogP contribution in [0.15, 0.2) is 0 Å². The average Bonchev–Trinajstić information content (AvgIpc) is 2.46. The highest BCUT2D eigenvalue weighted by Crippen LogP contribution is 2.75. The summed E-state index contributed by atoms with van der Waals surface area (Å²) in [5.41, 5.74) is 0. The Bertz CT molecular complexity index is 345. The number of rotatable bonds is 2. The number of carbonyl (C=O) groups excluding carboxylic acids is 2. The van der Waals surface area contributed by atoms with Crippen LogP contribution in [0.4, 0.5) is 0 Å². The summed E-state index contributed by atoms with van der Waals surface area (Å²) in [5.74, 6) is 1.52. The lowest BCUT2D eigenvalue weighted by atomic mass is 10.0. The molecule has 2 aliphatic carbocycles. The molecule has 4 bridgehead atoms. The Kier molecular flexibility index (Phi) is 2.88. The van der Waals surface area contributed by atoms with Crippen LogP contribution in [0.25, 0.3) is 0 Å².